The van der Waals surface area contributed by atoms with Gasteiger partial charge in [0, 0.05) is 31.7 Å². The van der Waals surface area contributed by atoms with Crippen molar-refractivity contribution in [1.82, 2.24) is 4.90 Å². The lowest BCUT2D eigenvalue weighted by atomic mass is 10.1. The maximum absolute atomic E-state index is 11.8. The second kappa shape index (κ2) is 7.53. The van der Waals surface area contributed by atoms with Gasteiger partial charge in [-0.2, -0.15) is 0 Å². The van der Waals surface area contributed by atoms with Crippen LogP contribution in [0, 0.1) is 6.92 Å². The summed E-state index contributed by atoms with van der Waals surface area (Å²) < 4.78 is 0. The summed E-state index contributed by atoms with van der Waals surface area (Å²) in [6.07, 6.45) is 0.356. The van der Waals surface area contributed by atoms with Crippen LogP contribution in [0.3, 0.4) is 0 Å². The molecule has 0 unspecified atom stereocenters. The summed E-state index contributed by atoms with van der Waals surface area (Å²) in [6, 6.07) is 5.21. The molecule has 1 aromatic rings. The predicted octanol–water partition coefficient (Wildman–Crippen LogP) is 2.36. The van der Waals surface area contributed by atoms with E-state index in [2.05, 4.69) is 5.32 Å². The monoisotopic (exact) mass is 278 g/mol. The summed E-state index contributed by atoms with van der Waals surface area (Å²) in [5.41, 5.74) is 1.68. The van der Waals surface area contributed by atoms with Gasteiger partial charge in [0.05, 0.1) is 5.56 Å². The van der Waals surface area contributed by atoms with E-state index in [9.17, 15) is 9.59 Å². The molecule has 0 radical (unpaired) electrons. The van der Waals surface area contributed by atoms with Crippen LogP contribution in [0.1, 0.15) is 36.2 Å². The Labute approximate surface area is 119 Å². The molecule has 0 fully saturated rings. The quantitative estimate of drug-likeness (QED) is 0.803. The second-order valence-corrected chi connectivity index (χ2v) is 4.60. The van der Waals surface area contributed by atoms with Crippen molar-refractivity contribution in [3.05, 3.63) is 29.3 Å². The molecule has 0 aliphatic rings. The summed E-state index contributed by atoms with van der Waals surface area (Å²) in [5.74, 6) is -0.891. The maximum atomic E-state index is 11.8. The lowest BCUT2D eigenvalue weighted by molar-refractivity contribution is -0.130. The molecule has 5 heteroatoms. The number of amides is 1. The Balaban J connectivity index is 2.62. The first kappa shape index (κ1) is 16.0. The van der Waals surface area contributed by atoms with Gasteiger partial charge in [0.15, 0.2) is 0 Å². The molecule has 1 amide bonds. The summed E-state index contributed by atoms with van der Waals surface area (Å²) in [7, 11) is 0. The molecule has 1 aromatic carbocycles. The van der Waals surface area contributed by atoms with Crippen LogP contribution in [-0.2, 0) is 4.79 Å². The number of anilines is 1. The maximum Gasteiger partial charge on any atom is 0.337 e. The van der Waals surface area contributed by atoms with E-state index in [1.165, 1.54) is 0 Å². The largest absolute Gasteiger partial charge is 0.478 e. The first-order valence-corrected chi connectivity index (χ1v) is 6.85. The van der Waals surface area contributed by atoms with Gasteiger partial charge >= 0.3 is 5.97 Å². The third kappa shape index (κ3) is 4.26. The Morgan fingerprint density at radius 1 is 1.25 bits per heavy atom. The summed E-state index contributed by atoms with van der Waals surface area (Å²) >= 11 is 0. The average molecular weight is 278 g/mol. The van der Waals surface area contributed by atoms with Crippen LogP contribution in [0.5, 0.6) is 0 Å². The average Bonchev–Trinajstić information content (AvgIpc) is 2.41. The molecule has 0 aromatic heterocycles. The zero-order valence-corrected chi connectivity index (χ0v) is 12.3. The number of carboxylic acid groups (broad SMARTS) is 1. The molecular weight excluding hydrogens is 256 g/mol. The Kier molecular flexibility index (Phi) is 6.03. The molecule has 0 atom stereocenters. The van der Waals surface area contributed by atoms with Crippen LogP contribution in [0.25, 0.3) is 0 Å². The lowest BCUT2D eigenvalue weighted by Gasteiger charge is -2.19. The standard InChI is InChI=1S/C15H22N2O3/c1-4-17(5-2)14(18)8-9-16-13-7-6-11(3)10-12(13)15(19)20/h6-7,10,16H,4-5,8-9H2,1-3H3,(H,19,20). The van der Waals surface area contributed by atoms with Crippen LogP contribution < -0.4 is 5.32 Å². The van der Waals surface area contributed by atoms with E-state index in [1.54, 1.807) is 17.0 Å². The van der Waals surface area contributed by atoms with Crippen molar-refractivity contribution in [2.75, 3.05) is 25.0 Å². The fourth-order valence-corrected chi connectivity index (χ4v) is 2.03. The number of rotatable bonds is 7. The molecule has 0 aliphatic heterocycles. The van der Waals surface area contributed by atoms with Gasteiger partial charge in [-0.05, 0) is 32.9 Å². The number of carboxylic acids is 1. The van der Waals surface area contributed by atoms with Gasteiger partial charge < -0.3 is 15.3 Å². The van der Waals surface area contributed by atoms with E-state index in [0.29, 0.717) is 31.7 Å². The fourth-order valence-electron chi connectivity index (χ4n) is 2.03. The van der Waals surface area contributed by atoms with Gasteiger partial charge in [-0.25, -0.2) is 4.79 Å². The number of benzene rings is 1. The normalized spacial score (nSPS) is 10.2. The van der Waals surface area contributed by atoms with Gasteiger partial charge in [-0.1, -0.05) is 11.6 Å². The Bertz CT molecular complexity index is 482. The predicted molar refractivity (Wildman–Crippen MR) is 79.2 cm³/mol. The summed E-state index contributed by atoms with van der Waals surface area (Å²) in [6.45, 7) is 7.55. The topological polar surface area (TPSA) is 69.6 Å². The SMILES string of the molecule is CCN(CC)C(=O)CCNc1ccc(C)cc1C(=O)O. The molecule has 0 spiro atoms. The van der Waals surface area contributed by atoms with Crippen molar-refractivity contribution < 1.29 is 14.7 Å². The van der Waals surface area contributed by atoms with Crippen molar-refractivity contribution in [2.45, 2.75) is 27.2 Å². The molecule has 0 aliphatic carbocycles. The number of carbonyl (C=O) groups is 2. The minimum Gasteiger partial charge on any atom is -0.478 e. The Hall–Kier alpha value is -2.04. The van der Waals surface area contributed by atoms with E-state index in [4.69, 9.17) is 5.11 Å². The van der Waals surface area contributed by atoms with Crippen molar-refractivity contribution in [3.63, 3.8) is 0 Å². The minimum atomic E-state index is -0.966. The molecule has 1 rings (SSSR count). The number of aromatic carboxylic acids is 1. The van der Waals surface area contributed by atoms with Gasteiger partial charge in [-0.15, -0.1) is 0 Å². The van der Waals surface area contributed by atoms with Gasteiger partial charge in [0.1, 0.15) is 0 Å². The first-order chi connectivity index (χ1) is 9.49. The molecule has 2 N–H and O–H groups in total. The van der Waals surface area contributed by atoms with Crippen molar-refractivity contribution >= 4 is 17.6 Å². The highest BCUT2D eigenvalue weighted by atomic mass is 16.4. The molecular formula is C15H22N2O3. The van der Waals surface area contributed by atoms with E-state index >= 15 is 0 Å². The number of aryl methyl sites for hydroxylation is 1. The number of carbonyl (C=O) groups excluding carboxylic acids is 1. The number of nitrogens with one attached hydrogen (secondary N) is 1. The highest BCUT2D eigenvalue weighted by Gasteiger charge is 2.12. The molecule has 110 valence electrons. The van der Waals surface area contributed by atoms with Crippen LogP contribution in [0.4, 0.5) is 5.69 Å². The first-order valence-electron chi connectivity index (χ1n) is 6.85. The van der Waals surface area contributed by atoms with Crippen LogP contribution >= 0.6 is 0 Å². The number of hydrogen-bond donors (Lipinski definition) is 2. The van der Waals surface area contributed by atoms with Gasteiger partial charge in [0.2, 0.25) is 5.91 Å². The minimum absolute atomic E-state index is 0.0755. The molecule has 0 saturated heterocycles. The van der Waals surface area contributed by atoms with E-state index in [1.807, 2.05) is 26.8 Å². The van der Waals surface area contributed by atoms with Crippen LogP contribution in [0.2, 0.25) is 0 Å². The zero-order valence-electron chi connectivity index (χ0n) is 12.3. The van der Waals surface area contributed by atoms with Crippen molar-refractivity contribution in [2.24, 2.45) is 0 Å². The third-order valence-corrected chi connectivity index (χ3v) is 3.18. The molecule has 0 bridgehead atoms. The molecule has 0 saturated carbocycles. The van der Waals surface area contributed by atoms with Crippen molar-refractivity contribution in [1.29, 1.82) is 0 Å². The third-order valence-electron chi connectivity index (χ3n) is 3.18. The van der Waals surface area contributed by atoms with Crippen LogP contribution in [-0.4, -0.2) is 41.5 Å². The number of hydrogen-bond acceptors (Lipinski definition) is 3. The Morgan fingerprint density at radius 2 is 1.90 bits per heavy atom. The van der Waals surface area contributed by atoms with Crippen molar-refractivity contribution in [3.8, 4) is 0 Å². The van der Waals surface area contributed by atoms with Gasteiger partial charge in [-0.3, -0.25) is 4.79 Å². The lowest BCUT2D eigenvalue weighted by Crippen LogP contribution is -2.31. The fraction of sp³-hybridized carbons (Fsp3) is 0.467. The summed E-state index contributed by atoms with van der Waals surface area (Å²) in [4.78, 5) is 24.8. The molecule has 20 heavy (non-hydrogen) atoms. The molecule has 0 heterocycles. The zero-order chi connectivity index (χ0) is 15.1. The smallest absolute Gasteiger partial charge is 0.337 e. The van der Waals surface area contributed by atoms with E-state index < -0.39 is 5.97 Å². The van der Waals surface area contributed by atoms with Crippen LogP contribution in [0.15, 0.2) is 18.2 Å². The highest BCUT2D eigenvalue weighted by Crippen LogP contribution is 2.17. The highest BCUT2D eigenvalue weighted by molar-refractivity contribution is 5.94. The Morgan fingerprint density at radius 3 is 2.45 bits per heavy atom. The van der Waals surface area contributed by atoms with E-state index in [-0.39, 0.29) is 11.5 Å². The summed E-state index contributed by atoms with van der Waals surface area (Å²) in [5, 5.41) is 12.2. The second-order valence-electron chi connectivity index (χ2n) is 4.60. The molecule has 5 nitrogen and oxygen atoms in total. The van der Waals surface area contributed by atoms with E-state index in [0.717, 1.165) is 5.56 Å². The van der Waals surface area contributed by atoms with Gasteiger partial charge in [0.25, 0.3) is 0 Å². The number of nitrogens with zero attached hydrogens (tertiary/aromatic N) is 1.